The van der Waals surface area contributed by atoms with E-state index in [0.29, 0.717) is 6.54 Å². The van der Waals surface area contributed by atoms with Gasteiger partial charge in [-0.15, -0.1) is 0 Å². The van der Waals surface area contributed by atoms with Crippen LogP contribution in [-0.2, 0) is 9.59 Å². The van der Waals surface area contributed by atoms with Crippen molar-refractivity contribution >= 4 is 11.8 Å². The normalized spacial score (nSPS) is 31.9. The molecule has 5 heteroatoms. The number of amides is 2. The summed E-state index contributed by atoms with van der Waals surface area (Å²) in [6.07, 6.45) is 3.96. The summed E-state index contributed by atoms with van der Waals surface area (Å²) in [6, 6.07) is 0.121. The summed E-state index contributed by atoms with van der Waals surface area (Å²) >= 11 is 0. The maximum Gasteiger partial charge on any atom is 0.229 e. The van der Waals surface area contributed by atoms with Crippen molar-refractivity contribution in [3.05, 3.63) is 0 Å². The molecule has 0 saturated carbocycles. The van der Waals surface area contributed by atoms with Gasteiger partial charge in [-0.2, -0.15) is 0 Å². The standard InChI is InChI=1S/C14H25N3O2/c1-11(18)16-12-5-3-8-17(9-12)13(19)14(2)6-4-7-15-10-14/h12,15H,3-10H2,1-2H3,(H,16,18)/t12-,14+/m0/s1. The SMILES string of the molecule is CC(=O)N[C@H]1CCCN(C(=O)[C@]2(C)CCCNC2)C1. The minimum atomic E-state index is -0.267. The third-order valence-corrected chi connectivity index (χ3v) is 4.23. The monoisotopic (exact) mass is 267 g/mol. The van der Waals surface area contributed by atoms with Gasteiger partial charge in [0.2, 0.25) is 11.8 Å². The van der Waals surface area contributed by atoms with Crippen LogP contribution in [0.3, 0.4) is 0 Å². The van der Waals surface area contributed by atoms with E-state index in [1.165, 1.54) is 6.92 Å². The largest absolute Gasteiger partial charge is 0.352 e. The number of nitrogens with zero attached hydrogens (tertiary/aromatic N) is 1. The molecule has 0 aliphatic carbocycles. The van der Waals surface area contributed by atoms with E-state index in [1.54, 1.807) is 0 Å². The number of hydrogen-bond donors (Lipinski definition) is 2. The van der Waals surface area contributed by atoms with Crippen LogP contribution in [0.4, 0.5) is 0 Å². The molecule has 2 atom stereocenters. The predicted molar refractivity (Wildman–Crippen MR) is 73.6 cm³/mol. The fraction of sp³-hybridized carbons (Fsp3) is 0.857. The van der Waals surface area contributed by atoms with Gasteiger partial charge < -0.3 is 15.5 Å². The fourth-order valence-corrected chi connectivity index (χ4v) is 3.19. The van der Waals surface area contributed by atoms with Crippen LogP contribution in [0, 0.1) is 5.41 Å². The molecule has 2 amide bonds. The van der Waals surface area contributed by atoms with E-state index >= 15 is 0 Å². The zero-order chi connectivity index (χ0) is 13.9. The zero-order valence-corrected chi connectivity index (χ0v) is 12.0. The second-order valence-corrected chi connectivity index (χ2v) is 6.13. The summed E-state index contributed by atoms with van der Waals surface area (Å²) < 4.78 is 0. The van der Waals surface area contributed by atoms with Crippen LogP contribution in [-0.4, -0.2) is 48.9 Å². The van der Waals surface area contributed by atoms with Gasteiger partial charge >= 0.3 is 0 Å². The molecule has 2 N–H and O–H groups in total. The molecule has 0 spiro atoms. The van der Waals surface area contributed by atoms with Gasteiger partial charge in [-0.3, -0.25) is 9.59 Å². The van der Waals surface area contributed by atoms with Gasteiger partial charge in [-0.1, -0.05) is 0 Å². The summed E-state index contributed by atoms with van der Waals surface area (Å²) in [4.78, 5) is 25.7. The topological polar surface area (TPSA) is 61.4 Å². The molecule has 2 fully saturated rings. The van der Waals surface area contributed by atoms with Crippen LogP contribution in [0.2, 0.25) is 0 Å². The molecule has 0 radical (unpaired) electrons. The van der Waals surface area contributed by atoms with Crippen LogP contribution in [0.15, 0.2) is 0 Å². The van der Waals surface area contributed by atoms with Gasteiger partial charge in [0.05, 0.1) is 5.41 Å². The van der Waals surface area contributed by atoms with Crippen LogP contribution in [0.5, 0.6) is 0 Å². The van der Waals surface area contributed by atoms with Crippen molar-refractivity contribution in [1.29, 1.82) is 0 Å². The molecular formula is C14H25N3O2. The molecule has 0 aromatic carbocycles. The quantitative estimate of drug-likeness (QED) is 0.766. The molecule has 2 aliphatic rings. The number of piperidine rings is 2. The van der Waals surface area contributed by atoms with Crippen LogP contribution in [0.1, 0.15) is 39.5 Å². The van der Waals surface area contributed by atoms with Crippen LogP contribution >= 0.6 is 0 Å². The highest BCUT2D eigenvalue weighted by Crippen LogP contribution is 2.29. The molecule has 0 bridgehead atoms. The van der Waals surface area contributed by atoms with Crippen molar-refractivity contribution in [2.45, 2.75) is 45.6 Å². The second-order valence-electron chi connectivity index (χ2n) is 6.13. The maximum atomic E-state index is 12.7. The Bertz CT molecular complexity index is 351. The van der Waals surface area contributed by atoms with Gasteiger partial charge in [0.15, 0.2) is 0 Å². The first-order valence-corrected chi connectivity index (χ1v) is 7.28. The number of carbonyl (C=O) groups excluding carboxylic acids is 2. The number of rotatable bonds is 2. The van der Waals surface area contributed by atoms with E-state index in [-0.39, 0.29) is 23.3 Å². The lowest BCUT2D eigenvalue weighted by molar-refractivity contribution is -0.144. The van der Waals surface area contributed by atoms with E-state index in [4.69, 9.17) is 0 Å². The lowest BCUT2D eigenvalue weighted by Crippen LogP contribution is -2.55. The molecule has 19 heavy (non-hydrogen) atoms. The Balaban J connectivity index is 1.96. The molecule has 5 nitrogen and oxygen atoms in total. The highest BCUT2D eigenvalue weighted by atomic mass is 16.2. The summed E-state index contributed by atoms with van der Waals surface area (Å²) in [5.41, 5.74) is -0.267. The molecule has 2 aliphatic heterocycles. The first-order chi connectivity index (χ1) is 9.01. The Morgan fingerprint density at radius 2 is 2.16 bits per heavy atom. The van der Waals surface area contributed by atoms with Crippen molar-refractivity contribution in [3.8, 4) is 0 Å². The molecule has 0 aromatic heterocycles. The Hall–Kier alpha value is -1.10. The third kappa shape index (κ3) is 3.47. The summed E-state index contributed by atoms with van der Waals surface area (Å²) in [6.45, 7) is 6.86. The third-order valence-electron chi connectivity index (χ3n) is 4.23. The van der Waals surface area contributed by atoms with Crippen molar-refractivity contribution in [3.63, 3.8) is 0 Å². The van der Waals surface area contributed by atoms with Gasteiger partial charge in [0.25, 0.3) is 0 Å². The summed E-state index contributed by atoms with van der Waals surface area (Å²) in [7, 11) is 0. The average molecular weight is 267 g/mol. The van der Waals surface area contributed by atoms with Crippen molar-refractivity contribution in [1.82, 2.24) is 15.5 Å². The molecule has 2 saturated heterocycles. The number of hydrogen-bond acceptors (Lipinski definition) is 3. The van der Waals surface area contributed by atoms with E-state index in [9.17, 15) is 9.59 Å². The lowest BCUT2D eigenvalue weighted by atomic mass is 9.81. The average Bonchev–Trinajstić information content (AvgIpc) is 2.38. The Morgan fingerprint density at radius 3 is 2.79 bits per heavy atom. The fourth-order valence-electron chi connectivity index (χ4n) is 3.19. The van der Waals surface area contributed by atoms with Crippen LogP contribution in [0.25, 0.3) is 0 Å². The number of likely N-dealkylation sites (tertiary alicyclic amines) is 1. The Kier molecular flexibility index (Phi) is 4.45. The zero-order valence-electron chi connectivity index (χ0n) is 12.0. The smallest absolute Gasteiger partial charge is 0.229 e. The van der Waals surface area contributed by atoms with Crippen LogP contribution < -0.4 is 10.6 Å². The molecule has 0 unspecified atom stereocenters. The van der Waals surface area contributed by atoms with Crippen molar-refractivity contribution in [2.75, 3.05) is 26.2 Å². The minimum Gasteiger partial charge on any atom is -0.352 e. The number of nitrogens with one attached hydrogen (secondary N) is 2. The van der Waals surface area contributed by atoms with E-state index in [0.717, 1.165) is 45.3 Å². The summed E-state index contributed by atoms with van der Waals surface area (Å²) in [5.74, 6) is 0.236. The molecule has 0 aromatic rings. The van der Waals surface area contributed by atoms with Crippen molar-refractivity contribution in [2.24, 2.45) is 5.41 Å². The maximum absolute atomic E-state index is 12.7. The molecule has 2 rings (SSSR count). The lowest BCUT2D eigenvalue weighted by Gasteiger charge is -2.41. The van der Waals surface area contributed by atoms with E-state index < -0.39 is 0 Å². The minimum absolute atomic E-state index is 0.00940. The van der Waals surface area contributed by atoms with Crippen molar-refractivity contribution < 1.29 is 9.59 Å². The predicted octanol–water partition coefficient (Wildman–Crippen LogP) is 0.503. The van der Waals surface area contributed by atoms with Gasteiger partial charge in [0, 0.05) is 32.6 Å². The first kappa shape index (κ1) is 14.3. The second kappa shape index (κ2) is 5.90. The summed E-state index contributed by atoms with van der Waals surface area (Å²) in [5, 5.41) is 6.26. The van der Waals surface area contributed by atoms with E-state index in [2.05, 4.69) is 17.6 Å². The molecular weight excluding hydrogens is 242 g/mol. The molecule has 108 valence electrons. The first-order valence-electron chi connectivity index (χ1n) is 7.28. The van der Waals surface area contributed by atoms with Gasteiger partial charge in [-0.05, 0) is 39.2 Å². The number of carbonyl (C=O) groups is 2. The highest BCUT2D eigenvalue weighted by Gasteiger charge is 2.39. The Labute approximate surface area is 115 Å². The van der Waals surface area contributed by atoms with Gasteiger partial charge in [0.1, 0.15) is 0 Å². The Morgan fingerprint density at radius 1 is 1.37 bits per heavy atom. The van der Waals surface area contributed by atoms with E-state index in [1.807, 2.05) is 4.90 Å². The molecule has 2 heterocycles. The van der Waals surface area contributed by atoms with Gasteiger partial charge in [-0.25, -0.2) is 0 Å². The highest BCUT2D eigenvalue weighted by molar-refractivity contribution is 5.83.